The number of sulfonamides is 1. The average Bonchev–Trinajstić information content (AvgIpc) is 3.16. The highest BCUT2D eigenvalue weighted by molar-refractivity contribution is 7.89. The molecule has 0 aromatic carbocycles. The van der Waals surface area contributed by atoms with Crippen LogP contribution in [0.1, 0.15) is 34.7 Å². The van der Waals surface area contributed by atoms with Gasteiger partial charge in [-0.05, 0) is 26.7 Å². The van der Waals surface area contributed by atoms with Crippen LogP contribution < -0.4 is 5.73 Å². The Bertz CT molecular complexity index is 972. The van der Waals surface area contributed by atoms with Gasteiger partial charge in [0.1, 0.15) is 28.0 Å². The maximum absolute atomic E-state index is 12.8. The highest BCUT2D eigenvalue weighted by Gasteiger charge is 2.36. The summed E-state index contributed by atoms with van der Waals surface area (Å²) in [6, 6.07) is 1.86. The number of hydrogen-bond acceptors (Lipinski definition) is 8. The Morgan fingerprint density at radius 3 is 2.54 bits per heavy atom. The Hall–Kier alpha value is -2.71. The predicted molar refractivity (Wildman–Crippen MR) is 89.4 cm³/mol. The summed E-state index contributed by atoms with van der Waals surface area (Å²) in [5, 5.41) is 16.5. The zero-order chi connectivity index (χ0) is 19.1. The summed E-state index contributed by atoms with van der Waals surface area (Å²) in [6.45, 7) is 3.51. The standard InChI is InChI=1S/C15H18N6O4S/c1-9-13(10(2)25-19-9)26(23,24)20-5-3-11(4-6-20)15(22)21-14(17)12(7-16)8-18-21/h8,11H,3-6,17H2,1-2H3. The molecule has 2 aromatic rings. The van der Waals surface area contributed by atoms with Crippen molar-refractivity contribution in [3.05, 3.63) is 23.2 Å². The fourth-order valence-electron chi connectivity index (χ4n) is 3.11. The summed E-state index contributed by atoms with van der Waals surface area (Å²) in [5.41, 5.74) is 6.20. The Morgan fingerprint density at radius 2 is 2.04 bits per heavy atom. The van der Waals surface area contributed by atoms with Gasteiger partial charge in [0.15, 0.2) is 5.76 Å². The van der Waals surface area contributed by atoms with Crippen LogP contribution in [-0.2, 0) is 10.0 Å². The van der Waals surface area contributed by atoms with Crippen molar-refractivity contribution < 1.29 is 17.7 Å². The molecule has 0 amide bonds. The third-order valence-corrected chi connectivity index (χ3v) is 6.65. The van der Waals surface area contributed by atoms with Gasteiger partial charge in [-0.25, -0.2) is 8.42 Å². The number of carbonyl (C=O) groups is 1. The van der Waals surface area contributed by atoms with Crippen LogP contribution in [0.2, 0.25) is 0 Å². The maximum atomic E-state index is 12.8. The summed E-state index contributed by atoms with van der Waals surface area (Å²) in [5.74, 6) is -0.504. The minimum atomic E-state index is -3.73. The molecule has 0 radical (unpaired) electrons. The number of aryl methyl sites for hydroxylation is 2. The van der Waals surface area contributed by atoms with Crippen LogP contribution in [-0.4, -0.2) is 46.7 Å². The second kappa shape index (κ2) is 6.54. The van der Waals surface area contributed by atoms with Crippen LogP contribution in [0.15, 0.2) is 15.6 Å². The monoisotopic (exact) mass is 378 g/mol. The fraction of sp³-hybridized carbons (Fsp3) is 0.467. The lowest BCUT2D eigenvalue weighted by molar-refractivity contribution is 0.0773. The molecule has 0 bridgehead atoms. The number of rotatable bonds is 3. The number of hydrogen-bond donors (Lipinski definition) is 1. The molecule has 3 rings (SSSR count). The predicted octanol–water partition coefficient (Wildman–Crippen LogP) is 0.683. The Balaban J connectivity index is 1.74. The van der Waals surface area contributed by atoms with Crippen LogP contribution in [0.4, 0.5) is 5.82 Å². The van der Waals surface area contributed by atoms with E-state index < -0.39 is 15.9 Å². The van der Waals surface area contributed by atoms with E-state index in [-0.39, 0.29) is 41.0 Å². The first-order valence-corrected chi connectivity index (χ1v) is 9.42. The molecule has 1 aliphatic rings. The number of carbonyl (C=O) groups excluding carboxylic acids is 1. The first kappa shape index (κ1) is 18.1. The Kier molecular flexibility index (Phi) is 4.55. The SMILES string of the molecule is Cc1noc(C)c1S(=O)(=O)N1CCC(C(=O)n2ncc(C#N)c2N)CC1. The molecular weight excluding hydrogens is 360 g/mol. The first-order chi connectivity index (χ1) is 12.3. The Morgan fingerprint density at radius 1 is 1.38 bits per heavy atom. The third-order valence-electron chi connectivity index (χ3n) is 4.50. The lowest BCUT2D eigenvalue weighted by Crippen LogP contribution is -2.41. The minimum absolute atomic E-state index is 0.00303. The number of nitrogens with two attached hydrogens (primary N) is 1. The minimum Gasteiger partial charge on any atom is -0.382 e. The molecule has 0 saturated carbocycles. The number of nitrogens with zero attached hydrogens (tertiary/aromatic N) is 5. The van der Waals surface area contributed by atoms with Crippen LogP contribution in [0.3, 0.4) is 0 Å². The molecule has 3 heterocycles. The maximum Gasteiger partial charge on any atom is 0.251 e. The van der Waals surface area contributed by atoms with E-state index >= 15 is 0 Å². The van der Waals surface area contributed by atoms with Crippen molar-refractivity contribution in [3.8, 4) is 6.07 Å². The quantitative estimate of drug-likeness (QED) is 0.819. The van der Waals surface area contributed by atoms with E-state index in [9.17, 15) is 13.2 Å². The van der Waals surface area contributed by atoms with Gasteiger partial charge in [-0.3, -0.25) is 4.79 Å². The van der Waals surface area contributed by atoms with Crippen LogP contribution >= 0.6 is 0 Å². The largest absolute Gasteiger partial charge is 0.382 e. The zero-order valence-electron chi connectivity index (χ0n) is 14.3. The zero-order valence-corrected chi connectivity index (χ0v) is 15.2. The summed E-state index contributed by atoms with van der Waals surface area (Å²) in [7, 11) is -3.73. The highest BCUT2D eigenvalue weighted by atomic mass is 32.2. The molecule has 0 aliphatic carbocycles. The highest BCUT2D eigenvalue weighted by Crippen LogP contribution is 2.28. The summed E-state index contributed by atoms with van der Waals surface area (Å²) >= 11 is 0. The van der Waals surface area contributed by atoms with E-state index in [1.54, 1.807) is 13.8 Å². The van der Waals surface area contributed by atoms with Crippen molar-refractivity contribution in [3.63, 3.8) is 0 Å². The van der Waals surface area contributed by atoms with Crippen molar-refractivity contribution >= 4 is 21.7 Å². The molecule has 0 spiro atoms. The van der Waals surface area contributed by atoms with Crippen molar-refractivity contribution in [2.45, 2.75) is 31.6 Å². The molecule has 0 unspecified atom stereocenters. The van der Waals surface area contributed by atoms with Crippen molar-refractivity contribution in [2.24, 2.45) is 5.92 Å². The van der Waals surface area contributed by atoms with Gasteiger partial charge in [0.2, 0.25) is 10.0 Å². The van der Waals surface area contributed by atoms with Gasteiger partial charge >= 0.3 is 0 Å². The molecule has 26 heavy (non-hydrogen) atoms. The molecule has 2 N–H and O–H groups in total. The number of nitriles is 1. The summed E-state index contributed by atoms with van der Waals surface area (Å²) in [4.78, 5) is 12.6. The molecule has 1 aliphatic heterocycles. The van der Waals surface area contributed by atoms with Crippen LogP contribution in [0, 0.1) is 31.1 Å². The lowest BCUT2D eigenvalue weighted by atomic mass is 9.97. The van der Waals surface area contributed by atoms with Gasteiger partial charge < -0.3 is 10.3 Å². The smallest absolute Gasteiger partial charge is 0.251 e. The summed E-state index contributed by atoms with van der Waals surface area (Å²) in [6.07, 6.45) is 1.91. The van der Waals surface area contributed by atoms with Crippen LogP contribution in [0.25, 0.3) is 0 Å². The van der Waals surface area contributed by atoms with E-state index in [1.165, 1.54) is 10.5 Å². The van der Waals surface area contributed by atoms with Gasteiger partial charge in [-0.15, -0.1) is 0 Å². The van der Waals surface area contributed by atoms with Gasteiger partial charge in [0.25, 0.3) is 5.91 Å². The lowest BCUT2D eigenvalue weighted by Gasteiger charge is -2.30. The van der Waals surface area contributed by atoms with Crippen molar-refractivity contribution in [1.29, 1.82) is 5.26 Å². The molecule has 0 atom stereocenters. The second-order valence-electron chi connectivity index (χ2n) is 6.14. The van der Waals surface area contributed by atoms with Crippen molar-refractivity contribution in [1.82, 2.24) is 19.2 Å². The number of aromatic nitrogens is 3. The molecule has 2 aromatic heterocycles. The van der Waals surface area contributed by atoms with E-state index in [0.717, 1.165) is 4.68 Å². The average molecular weight is 378 g/mol. The van der Waals surface area contributed by atoms with E-state index in [4.69, 9.17) is 15.5 Å². The molecule has 1 saturated heterocycles. The number of anilines is 1. The summed E-state index contributed by atoms with van der Waals surface area (Å²) < 4.78 is 32.9. The molecule has 1 fully saturated rings. The molecule has 11 heteroatoms. The van der Waals surface area contributed by atoms with Crippen LogP contribution in [0.5, 0.6) is 0 Å². The van der Waals surface area contributed by atoms with E-state index in [2.05, 4.69) is 10.3 Å². The second-order valence-corrected chi connectivity index (χ2v) is 8.01. The van der Waals surface area contributed by atoms with E-state index in [0.29, 0.717) is 18.5 Å². The van der Waals surface area contributed by atoms with Crippen molar-refractivity contribution in [2.75, 3.05) is 18.8 Å². The topological polar surface area (TPSA) is 148 Å². The third kappa shape index (κ3) is 2.87. The molecule has 10 nitrogen and oxygen atoms in total. The van der Waals surface area contributed by atoms with Gasteiger partial charge in [-0.1, -0.05) is 5.16 Å². The number of piperidine rings is 1. The normalized spacial score (nSPS) is 16.5. The first-order valence-electron chi connectivity index (χ1n) is 7.98. The van der Waals surface area contributed by atoms with Gasteiger partial charge in [-0.2, -0.15) is 19.3 Å². The van der Waals surface area contributed by atoms with Gasteiger partial charge in [0, 0.05) is 19.0 Å². The molecular formula is C15H18N6O4S. The Labute approximate surface area is 150 Å². The van der Waals surface area contributed by atoms with E-state index in [1.807, 2.05) is 6.07 Å². The fourth-order valence-corrected chi connectivity index (χ4v) is 4.87. The number of nitrogen functional groups attached to an aromatic ring is 1. The molecule has 138 valence electrons. The van der Waals surface area contributed by atoms with Gasteiger partial charge in [0.05, 0.1) is 6.20 Å².